The molecular formula is C38H71NO11S. The van der Waals surface area contributed by atoms with Gasteiger partial charge in [0.25, 0.3) is 0 Å². The Hall–Kier alpha value is -1.42. The molecule has 1 aliphatic rings. The maximum atomic E-state index is 12.9. The third-order valence-electron chi connectivity index (χ3n) is 9.23. The van der Waals surface area contributed by atoms with E-state index in [9.17, 15) is 33.6 Å². The smallest absolute Gasteiger partial charge is 0.394 e. The number of ether oxygens (including phenoxy) is 2. The summed E-state index contributed by atoms with van der Waals surface area (Å²) in [6.45, 7) is 3.31. The topological polar surface area (TPSA) is 192 Å². The third kappa shape index (κ3) is 23.8. The third-order valence-corrected chi connectivity index (χ3v) is 9.69. The Morgan fingerprint density at radius 2 is 1.25 bits per heavy atom. The molecule has 0 spiro atoms. The van der Waals surface area contributed by atoms with Gasteiger partial charge in [0.1, 0.15) is 24.4 Å². The summed E-state index contributed by atoms with van der Waals surface area (Å²) >= 11 is 0. The lowest BCUT2D eigenvalue weighted by Crippen LogP contribution is -2.61. The lowest BCUT2D eigenvalue weighted by Gasteiger charge is -2.41. The van der Waals surface area contributed by atoms with Gasteiger partial charge in [-0.15, -0.1) is 0 Å². The molecule has 51 heavy (non-hydrogen) atoms. The molecule has 0 saturated carbocycles. The molecule has 13 heteroatoms. The van der Waals surface area contributed by atoms with Crippen molar-refractivity contribution in [2.75, 3.05) is 13.2 Å². The minimum atomic E-state index is -5.08. The number of carbonyl (C=O) groups excluding carboxylic acids is 1. The normalized spacial score (nSPS) is 22.5. The van der Waals surface area contributed by atoms with Crippen molar-refractivity contribution in [3.63, 3.8) is 0 Å². The van der Waals surface area contributed by atoms with Crippen LogP contribution >= 0.6 is 0 Å². The quantitative estimate of drug-likeness (QED) is 0.0260. The molecule has 7 atom stereocenters. The molecule has 0 radical (unpaired) electrons. The van der Waals surface area contributed by atoms with E-state index in [0.29, 0.717) is 6.42 Å². The summed E-state index contributed by atoms with van der Waals surface area (Å²) in [5, 5.41) is 44.4. The summed E-state index contributed by atoms with van der Waals surface area (Å²) in [5.41, 5.74) is 0. The van der Waals surface area contributed by atoms with Gasteiger partial charge in [-0.3, -0.25) is 9.35 Å². The van der Waals surface area contributed by atoms with Gasteiger partial charge >= 0.3 is 10.4 Å². The van der Waals surface area contributed by atoms with Crippen molar-refractivity contribution in [2.45, 2.75) is 198 Å². The Labute approximate surface area is 308 Å². The van der Waals surface area contributed by atoms with Crippen molar-refractivity contribution in [1.29, 1.82) is 0 Å². The first-order chi connectivity index (χ1) is 24.5. The SMILES string of the molecule is CCCCCCCC/C=C\CCCCCC(=O)NC(COC1OC(CO)C(O)C(OS(=O)(=O)O)C1O)C(O)/C=C/CCCCCCCCCCC. The highest BCUT2D eigenvalue weighted by atomic mass is 32.3. The van der Waals surface area contributed by atoms with Gasteiger partial charge < -0.3 is 35.2 Å². The second-order valence-corrected chi connectivity index (χ2v) is 14.9. The first-order valence-electron chi connectivity index (χ1n) is 19.7. The highest BCUT2D eigenvalue weighted by Crippen LogP contribution is 2.26. The number of nitrogens with one attached hydrogen (secondary N) is 1. The van der Waals surface area contributed by atoms with Crippen LogP contribution in [-0.4, -0.2) is 95.4 Å². The molecule has 12 nitrogen and oxygen atoms in total. The largest absolute Gasteiger partial charge is 0.397 e. The van der Waals surface area contributed by atoms with Gasteiger partial charge in [-0.2, -0.15) is 8.42 Å². The van der Waals surface area contributed by atoms with Gasteiger partial charge in [-0.25, -0.2) is 4.18 Å². The highest BCUT2D eigenvalue weighted by molar-refractivity contribution is 7.80. The van der Waals surface area contributed by atoms with E-state index in [1.807, 2.05) is 6.08 Å². The molecule has 6 N–H and O–H groups in total. The van der Waals surface area contributed by atoms with Crippen LogP contribution in [0, 0.1) is 0 Å². The van der Waals surface area contributed by atoms with Crippen LogP contribution in [0.1, 0.15) is 155 Å². The molecule has 0 aromatic carbocycles. The average molecular weight is 750 g/mol. The maximum Gasteiger partial charge on any atom is 0.397 e. The van der Waals surface area contributed by atoms with Crippen LogP contribution < -0.4 is 5.32 Å². The minimum absolute atomic E-state index is 0.248. The number of amides is 1. The average Bonchev–Trinajstić information content (AvgIpc) is 3.09. The Morgan fingerprint density at radius 1 is 0.765 bits per heavy atom. The summed E-state index contributed by atoms with van der Waals surface area (Å²) in [7, 11) is -5.08. The van der Waals surface area contributed by atoms with Crippen LogP contribution in [0.25, 0.3) is 0 Å². The van der Waals surface area contributed by atoms with E-state index in [1.54, 1.807) is 6.08 Å². The molecule has 300 valence electrons. The fourth-order valence-electron chi connectivity index (χ4n) is 6.09. The standard InChI is InChI=1S/C38H71NO11S/c1-3-5-7-9-11-13-15-16-18-20-22-24-26-28-34(42)39-31(32(41)27-25-23-21-19-17-14-12-10-8-6-4-2)30-48-38-36(44)37(50-51(45,46)47)35(43)33(29-40)49-38/h16,18,25,27,31-33,35-38,40-41,43-44H,3-15,17,19-24,26,28-30H2,1-2H3,(H,39,42)(H,45,46,47)/b18-16-,27-25+. The molecular weight excluding hydrogens is 678 g/mol. The van der Waals surface area contributed by atoms with Gasteiger partial charge in [0.05, 0.1) is 25.4 Å². The zero-order valence-corrected chi connectivity index (χ0v) is 32.2. The van der Waals surface area contributed by atoms with Crippen LogP contribution in [-0.2, 0) is 28.9 Å². The number of aliphatic hydroxyl groups excluding tert-OH is 4. The Morgan fingerprint density at radius 3 is 1.76 bits per heavy atom. The van der Waals surface area contributed by atoms with E-state index in [0.717, 1.165) is 44.9 Å². The lowest BCUT2D eigenvalue weighted by molar-refractivity contribution is -0.298. The van der Waals surface area contributed by atoms with Crippen LogP contribution in [0.4, 0.5) is 0 Å². The van der Waals surface area contributed by atoms with Gasteiger partial charge in [0.2, 0.25) is 5.91 Å². The van der Waals surface area contributed by atoms with Gasteiger partial charge in [-0.05, 0) is 44.9 Å². The van der Waals surface area contributed by atoms with Crippen molar-refractivity contribution in [3.8, 4) is 0 Å². The molecule has 0 aromatic rings. The first kappa shape index (κ1) is 47.6. The zero-order valence-electron chi connectivity index (χ0n) is 31.4. The molecule has 1 heterocycles. The number of unbranched alkanes of at least 4 members (excludes halogenated alkanes) is 18. The number of hydrogen-bond donors (Lipinski definition) is 6. The second kappa shape index (κ2) is 30.0. The van der Waals surface area contributed by atoms with E-state index in [-0.39, 0.29) is 18.9 Å². The number of rotatable bonds is 32. The van der Waals surface area contributed by atoms with E-state index in [4.69, 9.17) is 14.0 Å². The molecule has 0 bridgehead atoms. The summed E-state index contributed by atoms with van der Waals surface area (Å²) in [5.74, 6) is -0.282. The molecule has 1 amide bonds. The first-order valence-corrected chi connectivity index (χ1v) is 21.1. The molecule has 0 aromatic heterocycles. The number of aliphatic hydroxyl groups is 4. The summed E-state index contributed by atoms with van der Waals surface area (Å²) in [6.07, 6.45) is 22.3. The second-order valence-electron chi connectivity index (χ2n) is 13.9. The number of allylic oxidation sites excluding steroid dienone is 3. The monoisotopic (exact) mass is 749 g/mol. The molecule has 1 rings (SSSR count). The molecule has 0 aliphatic carbocycles. The van der Waals surface area contributed by atoms with Crippen molar-refractivity contribution in [2.24, 2.45) is 0 Å². The maximum absolute atomic E-state index is 12.9. The van der Waals surface area contributed by atoms with Gasteiger partial charge in [0.15, 0.2) is 6.29 Å². The summed E-state index contributed by atoms with van der Waals surface area (Å²) in [4.78, 5) is 12.9. The van der Waals surface area contributed by atoms with Gasteiger partial charge in [-0.1, -0.05) is 128 Å². The number of carbonyl (C=O) groups is 1. The Balaban J connectivity index is 2.65. The number of hydrogen-bond acceptors (Lipinski definition) is 10. The summed E-state index contributed by atoms with van der Waals surface area (Å²) < 4.78 is 47.3. The van der Waals surface area contributed by atoms with Crippen molar-refractivity contribution in [1.82, 2.24) is 5.32 Å². The van der Waals surface area contributed by atoms with E-state index < -0.39 is 59.9 Å². The predicted octanol–water partition coefficient (Wildman–Crippen LogP) is 6.21. The van der Waals surface area contributed by atoms with E-state index in [2.05, 4.69) is 35.5 Å². The van der Waals surface area contributed by atoms with Gasteiger partial charge in [0, 0.05) is 6.42 Å². The predicted molar refractivity (Wildman–Crippen MR) is 199 cm³/mol. The van der Waals surface area contributed by atoms with Crippen LogP contribution in [0.2, 0.25) is 0 Å². The molecule has 7 unspecified atom stereocenters. The van der Waals surface area contributed by atoms with Crippen LogP contribution in [0.5, 0.6) is 0 Å². The van der Waals surface area contributed by atoms with Crippen molar-refractivity contribution in [3.05, 3.63) is 24.3 Å². The summed E-state index contributed by atoms with van der Waals surface area (Å²) in [6, 6.07) is -0.946. The molecule has 1 fully saturated rings. The molecule has 1 saturated heterocycles. The Kier molecular flexibility index (Phi) is 28.0. The van der Waals surface area contributed by atoms with Crippen LogP contribution in [0.15, 0.2) is 24.3 Å². The fraction of sp³-hybridized carbons (Fsp3) is 0.868. The fourth-order valence-corrected chi connectivity index (χ4v) is 6.60. The van der Waals surface area contributed by atoms with Crippen LogP contribution in [0.3, 0.4) is 0 Å². The van der Waals surface area contributed by atoms with Crippen molar-refractivity contribution < 1.29 is 51.8 Å². The van der Waals surface area contributed by atoms with E-state index >= 15 is 0 Å². The molecule has 1 aliphatic heterocycles. The Bertz CT molecular complexity index is 1030. The lowest BCUT2D eigenvalue weighted by atomic mass is 9.99. The highest BCUT2D eigenvalue weighted by Gasteiger charge is 2.48. The minimum Gasteiger partial charge on any atom is -0.394 e. The van der Waals surface area contributed by atoms with E-state index in [1.165, 1.54) is 83.5 Å². The zero-order chi connectivity index (χ0) is 37.7. The van der Waals surface area contributed by atoms with Crippen molar-refractivity contribution >= 4 is 16.3 Å².